The van der Waals surface area contributed by atoms with Crippen LogP contribution in [0, 0.1) is 0 Å². The molecule has 15 heavy (non-hydrogen) atoms. The van der Waals surface area contributed by atoms with Crippen molar-refractivity contribution < 1.29 is 8.42 Å². The van der Waals surface area contributed by atoms with Gasteiger partial charge in [0.05, 0.1) is 4.90 Å². The molecule has 0 saturated carbocycles. The maximum atomic E-state index is 11.2. The lowest BCUT2D eigenvalue weighted by Crippen LogP contribution is -1.96. The number of benzene rings is 1. The maximum Gasteiger partial charge on any atom is 0.175 e. The monoisotopic (exact) mass is 308 g/mol. The molecule has 0 saturated heterocycles. The first kappa shape index (κ1) is 13.1. The Bertz CT molecular complexity index is 398. The molecule has 0 unspecified atom stereocenters. The molecule has 0 radical (unpaired) electrons. The summed E-state index contributed by atoms with van der Waals surface area (Å²) in [6.45, 7) is 0. The Hall–Kier alpha value is -0.000000000000000111. The van der Waals surface area contributed by atoms with Crippen LogP contribution in [0.5, 0.6) is 0 Å². The highest BCUT2D eigenvalue weighted by atomic mass is 79.9. The maximum absolute atomic E-state index is 11.2. The fourth-order valence-electron chi connectivity index (χ4n) is 1.03. The van der Waals surface area contributed by atoms with Crippen LogP contribution < -0.4 is 0 Å². The second-order valence-corrected chi connectivity index (χ2v) is 7.11. The van der Waals surface area contributed by atoms with Crippen molar-refractivity contribution in [2.24, 2.45) is 0 Å². The van der Waals surface area contributed by atoms with Gasteiger partial charge in [-0.25, -0.2) is 8.42 Å². The first-order chi connectivity index (χ1) is 7.04. The molecule has 0 aliphatic heterocycles. The van der Waals surface area contributed by atoms with E-state index in [1.807, 2.05) is 12.1 Å². The van der Waals surface area contributed by atoms with E-state index in [0.29, 0.717) is 4.90 Å². The average Bonchev–Trinajstić information content (AvgIpc) is 2.18. The lowest BCUT2D eigenvalue weighted by Gasteiger charge is -2.01. The summed E-state index contributed by atoms with van der Waals surface area (Å²) in [4.78, 5) is 1.50. The van der Waals surface area contributed by atoms with E-state index in [1.165, 1.54) is 6.26 Å². The van der Waals surface area contributed by atoms with E-state index in [-0.39, 0.29) is 0 Å². The number of rotatable bonds is 5. The number of hydrogen-bond donors (Lipinski definition) is 0. The topological polar surface area (TPSA) is 34.1 Å². The van der Waals surface area contributed by atoms with Crippen molar-refractivity contribution in [3.8, 4) is 0 Å². The van der Waals surface area contributed by atoms with Gasteiger partial charge in [-0.05, 0) is 36.4 Å². The van der Waals surface area contributed by atoms with Crippen LogP contribution in [0.2, 0.25) is 0 Å². The Morgan fingerprint density at radius 2 is 1.87 bits per heavy atom. The molecule has 0 aliphatic carbocycles. The van der Waals surface area contributed by atoms with Gasteiger partial charge in [-0.15, -0.1) is 11.8 Å². The van der Waals surface area contributed by atoms with Crippen LogP contribution in [0.15, 0.2) is 34.1 Å². The van der Waals surface area contributed by atoms with Gasteiger partial charge < -0.3 is 0 Å². The normalized spacial score (nSPS) is 11.6. The molecule has 0 bridgehead atoms. The van der Waals surface area contributed by atoms with Crippen molar-refractivity contribution in [3.05, 3.63) is 24.3 Å². The van der Waals surface area contributed by atoms with E-state index < -0.39 is 9.84 Å². The SMILES string of the molecule is CS(=O)(=O)c1ccc(SCCCBr)cc1. The molecule has 5 heteroatoms. The number of thioether (sulfide) groups is 1. The predicted molar refractivity (Wildman–Crippen MR) is 68.7 cm³/mol. The van der Waals surface area contributed by atoms with Crippen LogP contribution >= 0.6 is 27.7 Å². The Morgan fingerprint density at radius 1 is 1.27 bits per heavy atom. The molecule has 1 aromatic rings. The molecule has 0 fully saturated rings. The number of sulfone groups is 1. The zero-order valence-corrected chi connectivity index (χ0v) is 11.7. The molecule has 2 nitrogen and oxygen atoms in total. The number of hydrogen-bond acceptors (Lipinski definition) is 3. The molecule has 84 valence electrons. The first-order valence-corrected chi connectivity index (χ1v) is 8.53. The zero-order valence-electron chi connectivity index (χ0n) is 8.44. The highest BCUT2D eigenvalue weighted by Crippen LogP contribution is 2.21. The summed E-state index contributed by atoms with van der Waals surface area (Å²) < 4.78 is 22.4. The van der Waals surface area contributed by atoms with Gasteiger partial charge in [0.25, 0.3) is 0 Å². The Morgan fingerprint density at radius 3 is 2.33 bits per heavy atom. The van der Waals surface area contributed by atoms with Gasteiger partial charge >= 0.3 is 0 Å². The second kappa shape index (κ2) is 5.92. The molecule has 1 aromatic carbocycles. The van der Waals surface area contributed by atoms with E-state index in [2.05, 4.69) is 15.9 Å². The highest BCUT2D eigenvalue weighted by molar-refractivity contribution is 9.09. The summed E-state index contributed by atoms with van der Waals surface area (Å²) in [6.07, 6.45) is 2.33. The Labute approximate surface area is 104 Å². The fourth-order valence-corrected chi connectivity index (χ4v) is 3.16. The molecule has 0 N–H and O–H groups in total. The van der Waals surface area contributed by atoms with Gasteiger partial charge in [0, 0.05) is 16.5 Å². The summed E-state index contributed by atoms with van der Waals surface area (Å²) in [6, 6.07) is 7.03. The summed E-state index contributed by atoms with van der Waals surface area (Å²) in [5.74, 6) is 1.05. The highest BCUT2D eigenvalue weighted by Gasteiger charge is 2.05. The van der Waals surface area contributed by atoms with Crippen molar-refractivity contribution in [1.82, 2.24) is 0 Å². The average molecular weight is 309 g/mol. The molecule has 0 spiro atoms. The van der Waals surface area contributed by atoms with Gasteiger partial charge in [0.15, 0.2) is 9.84 Å². The standard InChI is InChI=1S/C10H13BrO2S2/c1-15(12,13)10-5-3-9(4-6-10)14-8-2-7-11/h3-6H,2,7-8H2,1H3. The minimum absolute atomic E-state index is 0.382. The van der Waals surface area contributed by atoms with E-state index in [0.717, 1.165) is 22.4 Å². The number of alkyl halides is 1. The van der Waals surface area contributed by atoms with E-state index >= 15 is 0 Å². The first-order valence-electron chi connectivity index (χ1n) is 4.53. The van der Waals surface area contributed by atoms with Crippen molar-refractivity contribution >= 4 is 37.5 Å². The Kier molecular flexibility index (Phi) is 5.15. The summed E-state index contributed by atoms with van der Waals surface area (Å²) in [7, 11) is -3.06. The summed E-state index contributed by atoms with van der Waals surface area (Å²) in [5.41, 5.74) is 0. The molecule has 1 rings (SSSR count). The smallest absolute Gasteiger partial charge is 0.175 e. The second-order valence-electron chi connectivity index (χ2n) is 3.13. The van der Waals surface area contributed by atoms with Crippen molar-refractivity contribution in [2.75, 3.05) is 17.3 Å². The van der Waals surface area contributed by atoms with Crippen molar-refractivity contribution in [1.29, 1.82) is 0 Å². The van der Waals surface area contributed by atoms with E-state index in [4.69, 9.17) is 0 Å². The van der Waals surface area contributed by atoms with E-state index in [9.17, 15) is 8.42 Å². The quantitative estimate of drug-likeness (QED) is 0.476. The number of halogens is 1. The zero-order chi connectivity index (χ0) is 11.3. The summed E-state index contributed by atoms with van der Waals surface area (Å²) in [5, 5.41) is 1.00. The van der Waals surface area contributed by atoms with Crippen LogP contribution in [-0.2, 0) is 9.84 Å². The van der Waals surface area contributed by atoms with Crippen LogP contribution in [-0.4, -0.2) is 25.8 Å². The van der Waals surface area contributed by atoms with Gasteiger partial charge in [-0.1, -0.05) is 15.9 Å². The summed E-state index contributed by atoms with van der Waals surface area (Å²) >= 11 is 5.11. The molecular formula is C10H13BrO2S2. The predicted octanol–water partition coefficient (Wildman–Crippen LogP) is 2.97. The molecule has 0 aliphatic rings. The van der Waals surface area contributed by atoms with E-state index in [1.54, 1.807) is 23.9 Å². The van der Waals surface area contributed by atoms with Gasteiger partial charge in [0.1, 0.15) is 0 Å². The van der Waals surface area contributed by atoms with Crippen LogP contribution in [0.3, 0.4) is 0 Å². The third-order valence-electron chi connectivity index (χ3n) is 1.80. The lowest BCUT2D eigenvalue weighted by molar-refractivity contribution is 0.602. The molecular weight excluding hydrogens is 296 g/mol. The minimum atomic E-state index is -3.06. The van der Waals surface area contributed by atoms with Gasteiger partial charge in [-0.3, -0.25) is 0 Å². The lowest BCUT2D eigenvalue weighted by atomic mass is 10.4. The molecule has 0 amide bonds. The van der Waals surface area contributed by atoms with Gasteiger partial charge in [-0.2, -0.15) is 0 Å². The van der Waals surface area contributed by atoms with Crippen LogP contribution in [0.1, 0.15) is 6.42 Å². The Balaban J connectivity index is 2.65. The molecule has 0 atom stereocenters. The molecule has 0 heterocycles. The van der Waals surface area contributed by atoms with Gasteiger partial charge in [0.2, 0.25) is 0 Å². The largest absolute Gasteiger partial charge is 0.224 e. The van der Waals surface area contributed by atoms with Crippen molar-refractivity contribution in [2.45, 2.75) is 16.2 Å². The minimum Gasteiger partial charge on any atom is -0.224 e. The van der Waals surface area contributed by atoms with Crippen molar-refractivity contribution in [3.63, 3.8) is 0 Å². The van der Waals surface area contributed by atoms with Crippen LogP contribution in [0.25, 0.3) is 0 Å². The third-order valence-corrected chi connectivity index (χ3v) is 4.59. The van der Waals surface area contributed by atoms with Crippen LogP contribution in [0.4, 0.5) is 0 Å². The fraction of sp³-hybridized carbons (Fsp3) is 0.400. The molecule has 0 aromatic heterocycles. The third kappa shape index (κ3) is 4.57.